The predicted molar refractivity (Wildman–Crippen MR) is 87.1 cm³/mol. The van der Waals surface area contributed by atoms with Crippen LogP contribution < -0.4 is 10.2 Å². The molecular formula is C15H27N3S. The highest BCUT2D eigenvalue weighted by Gasteiger charge is 2.13. The van der Waals surface area contributed by atoms with Gasteiger partial charge in [-0.2, -0.15) is 11.8 Å². The molecule has 0 amide bonds. The quantitative estimate of drug-likeness (QED) is 0.704. The number of aromatic nitrogens is 1. The Bertz CT molecular complexity index is 340. The zero-order chi connectivity index (χ0) is 14.1. The van der Waals surface area contributed by atoms with Gasteiger partial charge >= 0.3 is 0 Å². The van der Waals surface area contributed by atoms with Gasteiger partial charge in [0.25, 0.3) is 0 Å². The van der Waals surface area contributed by atoms with Crippen LogP contribution in [-0.2, 0) is 6.54 Å². The van der Waals surface area contributed by atoms with Crippen LogP contribution in [0.1, 0.15) is 32.3 Å². The van der Waals surface area contributed by atoms with Gasteiger partial charge in [0, 0.05) is 31.6 Å². The van der Waals surface area contributed by atoms with Gasteiger partial charge in [0.15, 0.2) is 0 Å². The maximum atomic E-state index is 4.59. The third-order valence-corrected chi connectivity index (χ3v) is 4.02. The molecule has 0 aliphatic rings. The smallest absolute Gasteiger partial charge is 0.128 e. The molecule has 1 atom stereocenters. The Morgan fingerprint density at radius 1 is 1.37 bits per heavy atom. The van der Waals surface area contributed by atoms with Crippen molar-refractivity contribution >= 4 is 17.6 Å². The van der Waals surface area contributed by atoms with Gasteiger partial charge in [0.05, 0.1) is 0 Å². The van der Waals surface area contributed by atoms with Crippen LogP contribution in [0.5, 0.6) is 0 Å². The molecule has 1 N–H and O–H groups in total. The Morgan fingerprint density at radius 2 is 2.16 bits per heavy atom. The molecule has 0 aliphatic heterocycles. The molecule has 0 spiro atoms. The summed E-state index contributed by atoms with van der Waals surface area (Å²) in [5.74, 6) is 2.22. The molecule has 3 nitrogen and oxygen atoms in total. The zero-order valence-electron chi connectivity index (χ0n) is 12.6. The Morgan fingerprint density at radius 3 is 2.68 bits per heavy atom. The fraction of sp³-hybridized carbons (Fsp3) is 0.667. The van der Waals surface area contributed by atoms with Crippen LogP contribution >= 0.6 is 11.8 Å². The molecule has 0 aromatic carbocycles. The third kappa shape index (κ3) is 5.41. The summed E-state index contributed by atoms with van der Waals surface area (Å²) in [6, 6.07) is 4.87. The molecule has 1 rings (SSSR count). The van der Waals surface area contributed by atoms with Crippen LogP contribution in [0, 0.1) is 0 Å². The number of anilines is 1. The van der Waals surface area contributed by atoms with Crippen LogP contribution in [0.4, 0.5) is 5.82 Å². The van der Waals surface area contributed by atoms with Crippen molar-refractivity contribution in [1.29, 1.82) is 0 Å². The van der Waals surface area contributed by atoms with Crippen molar-refractivity contribution < 1.29 is 0 Å². The summed E-state index contributed by atoms with van der Waals surface area (Å²) < 4.78 is 0. The first-order valence-electron chi connectivity index (χ1n) is 7.10. The van der Waals surface area contributed by atoms with E-state index in [-0.39, 0.29) is 0 Å². The number of hydrogen-bond donors (Lipinski definition) is 1. The van der Waals surface area contributed by atoms with Crippen LogP contribution in [0.2, 0.25) is 0 Å². The van der Waals surface area contributed by atoms with E-state index in [2.05, 4.69) is 54.5 Å². The Hall–Kier alpha value is -0.740. The first-order valence-corrected chi connectivity index (χ1v) is 8.49. The lowest BCUT2D eigenvalue weighted by Crippen LogP contribution is -2.33. The average molecular weight is 281 g/mol. The van der Waals surface area contributed by atoms with Crippen LogP contribution in [0.25, 0.3) is 0 Å². The topological polar surface area (TPSA) is 28.2 Å². The summed E-state index contributed by atoms with van der Waals surface area (Å²) in [5.41, 5.74) is 1.25. The van der Waals surface area contributed by atoms with E-state index in [0.717, 1.165) is 31.1 Å². The fourth-order valence-corrected chi connectivity index (χ4v) is 2.87. The molecule has 0 aliphatic carbocycles. The van der Waals surface area contributed by atoms with Crippen molar-refractivity contribution in [3.63, 3.8) is 0 Å². The summed E-state index contributed by atoms with van der Waals surface area (Å²) in [6.07, 6.45) is 6.46. The summed E-state index contributed by atoms with van der Waals surface area (Å²) in [6.45, 7) is 6.39. The zero-order valence-corrected chi connectivity index (χ0v) is 13.5. The number of hydrogen-bond acceptors (Lipinski definition) is 4. The number of rotatable bonds is 9. The van der Waals surface area contributed by atoms with Crippen molar-refractivity contribution in [3.05, 3.63) is 23.9 Å². The van der Waals surface area contributed by atoms with Crippen molar-refractivity contribution in [2.75, 3.05) is 30.5 Å². The van der Waals surface area contributed by atoms with Crippen LogP contribution in [0.15, 0.2) is 18.3 Å². The lowest BCUT2D eigenvalue weighted by atomic mass is 10.2. The number of thioether (sulfide) groups is 1. The molecule has 4 heteroatoms. The largest absolute Gasteiger partial charge is 0.356 e. The van der Waals surface area contributed by atoms with E-state index in [1.807, 2.05) is 18.0 Å². The molecule has 1 unspecified atom stereocenters. The number of nitrogens with one attached hydrogen (secondary N) is 1. The number of pyridine rings is 1. The molecule has 0 bridgehead atoms. The van der Waals surface area contributed by atoms with Crippen LogP contribution in [-0.4, -0.2) is 36.6 Å². The predicted octanol–water partition coefficient (Wildman–Crippen LogP) is 3.16. The minimum atomic E-state index is 0.562. The molecule has 108 valence electrons. The van der Waals surface area contributed by atoms with Gasteiger partial charge in [-0.05, 0) is 37.3 Å². The molecule has 0 radical (unpaired) electrons. The maximum Gasteiger partial charge on any atom is 0.128 e. The molecule has 0 saturated carbocycles. The highest BCUT2D eigenvalue weighted by Crippen LogP contribution is 2.16. The van der Waals surface area contributed by atoms with Gasteiger partial charge in [-0.1, -0.05) is 19.9 Å². The Kier molecular flexibility index (Phi) is 7.91. The van der Waals surface area contributed by atoms with Crippen LogP contribution in [0.3, 0.4) is 0 Å². The minimum Gasteiger partial charge on any atom is -0.356 e. The van der Waals surface area contributed by atoms with Crippen molar-refractivity contribution in [1.82, 2.24) is 10.3 Å². The van der Waals surface area contributed by atoms with Crippen molar-refractivity contribution in [2.24, 2.45) is 0 Å². The minimum absolute atomic E-state index is 0.562. The first-order chi connectivity index (χ1) is 9.22. The average Bonchev–Trinajstić information content (AvgIpc) is 2.45. The van der Waals surface area contributed by atoms with E-state index in [9.17, 15) is 0 Å². The monoisotopic (exact) mass is 281 g/mol. The summed E-state index contributed by atoms with van der Waals surface area (Å²) >= 11 is 1.89. The Labute approximate surface area is 122 Å². The molecule has 0 saturated heterocycles. The lowest BCUT2D eigenvalue weighted by Gasteiger charge is -2.27. The highest BCUT2D eigenvalue weighted by atomic mass is 32.2. The second kappa shape index (κ2) is 9.21. The van der Waals surface area contributed by atoms with Gasteiger partial charge in [-0.3, -0.25) is 0 Å². The van der Waals surface area contributed by atoms with Crippen molar-refractivity contribution in [2.45, 2.75) is 39.3 Å². The van der Waals surface area contributed by atoms with Gasteiger partial charge in [-0.15, -0.1) is 0 Å². The van der Waals surface area contributed by atoms with Gasteiger partial charge in [0.2, 0.25) is 0 Å². The Balaban J connectivity index is 2.58. The normalized spacial score (nSPS) is 12.4. The SMILES string of the molecule is CCCNCc1ccc(N(C)C(CC)CSC)nc1. The first kappa shape index (κ1) is 16.3. The summed E-state index contributed by atoms with van der Waals surface area (Å²) in [4.78, 5) is 6.88. The maximum absolute atomic E-state index is 4.59. The van der Waals surface area contributed by atoms with Gasteiger partial charge in [-0.25, -0.2) is 4.98 Å². The number of nitrogens with zero attached hydrogens (tertiary/aromatic N) is 2. The van der Waals surface area contributed by atoms with E-state index >= 15 is 0 Å². The molecule has 1 aromatic rings. The fourth-order valence-electron chi connectivity index (χ4n) is 2.02. The lowest BCUT2D eigenvalue weighted by molar-refractivity contribution is 0.661. The second-order valence-corrected chi connectivity index (χ2v) is 5.74. The van der Waals surface area contributed by atoms with E-state index in [0.29, 0.717) is 6.04 Å². The van der Waals surface area contributed by atoms with E-state index in [1.54, 1.807) is 0 Å². The molecule has 0 fully saturated rings. The molecule has 1 heterocycles. The second-order valence-electron chi connectivity index (χ2n) is 4.83. The van der Waals surface area contributed by atoms with Gasteiger partial charge < -0.3 is 10.2 Å². The molecule has 1 aromatic heterocycles. The third-order valence-electron chi connectivity index (χ3n) is 3.30. The standard InChI is InChI=1S/C15H27N3S/c1-5-9-16-10-13-7-8-15(17-11-13)18(3)14(6-2)12-19-4/h7-8,11,14,16H,5-6,9-10,12H2,1-4H3. The van der Waals surface area contributed by atoms with E-state index in [1.165, 1.54) is 12.0 Å². The summed E-state index contributed by atoms with van der Waals surface area (Å²) in [5, 5.41) is 3.40. The molecular weight excluding hydrogens is 254 g/mol. The summed E-state index contributed by atoms with van der Waals surface area (Å²) in [7, 11) is 2.14. The highest BCUT2D eigenvalue weighted by molar-refractivity contribution is 7.98. The van der Waals surface area contributed by atoms with Gasteiger partial charge in [0.1, 0.15) is 5.82 Å². The van der Waals surface area contributed by atoms with E-state index < -0.39 is 0 Å². The van der Waals surface area contributed by atoms with E-state index in [4.69, 9.17) is 0 Å². The van der Waals surface area contributed by atoms with Crippen molar-refractivity contribution in [3.8, 4) is 0 Å². The molecule has 19 heavy (non-hydrogen) atoms.